The highest BCUT2D eigenvalue weighted by molar-refractivity contribution is 5.76. The van der Waals surface area contributed by atoms with Crippen LogP contribution in [0, 0.1) is 0 Å². The second-order valence-electron chi connectivity index (χ2n) is 2.95. The number of imidazole rings is 1. The summed E-state index contributed by atoms with van der Waals surface area (Å²) in [6.07, 6.45) is 1.53. The molecule has 0 aliphatic rings. The highest BCUT2D eigenvalue weighted by Crippen LogP contribution is 2.11. The number of anilines is 1. The third kappa shape index (κ3) is 0.990. The maximum atomic E-state index is 11.6. The van der Waals surface area contributed by atoms with E-state index in [9.17, 15) is 4.79 Å². The minimum absolute atomic E-state index is 0.195. The average Bonchev–Trinajstić information content (AvgIpc) is 2.50. The Bertz CT molecular complexity index is 539. The lowest BCUT2D eigenvalue weighted by molar-refractivity contribution is 0.712. The lowest BCUT2D eigenvalue weighted by Crippen LogP contribution is -2.21. The monoisotopic (exact) mass is 194 g/mol. The van der Waals surface area contributed by atoms with Gasteiger partial charge in [0.05, 0.1) is 6.20 Å². The van der Waals surface area contributed by atoms with Gasteiger partial charge in [-0.2, -0.15) is 5.10 Å². The number of aromatic nitrogens is 4. The summed E-state index contributed by atoms with van der Waals surface area (Å²) >= 11 is 0. The molecule has 0 radical (unpaired) electrons. The Morgan fingerprint density at radius 3 is 2.86 bits per heavy atom. The maximum Gasteiger partial charge on any atom is 0.292 e. The third-order valence-electron chi connectivity index (χ3n) is 2.10. The van der Waals surface area contributed by atoms with E-state index in [4.69, 9.17) is 5.84 Å². The van der Waals surface area contributed by atoms with E-state index < -0.39 is 0 Å². The molecule has 2 rings (SSSR count). The number of hydrazine groups is 1. The van der Waals surface area contributed by atoms with Crippen LogP contribution >= 0.6 is 0 Å². The molecule has 2 aromatic heterocycles. The molecule has 0 atom stereocenters. The van der Waals surface area contributed by atoms with Crippen LogP contribution in [0.2, 0.25) is 0 Å². The fourth-order valence-corrected chi connectivity index (χ4v) is 1.34. The molecule has 3 N–H and O–H groups in total. The van der Waals surface area contributed by atoms with Crippen LogP contribution in [-0.4, -0.2) is 19.3 Å². The molecule has 2 heterocycles. The number of nitrogens with zero attached hydrogens (tertiary/aromatic N) is 4. The quantitative estimate of drug-likeness (QED) is 0.446. The number of fused-ring (bicyclic) bond motifs is 1. The Morgan fingerprint density at radius 1 is 1.50 bits per heavy atom. The molecule has 0 saturated carbocycles. The van der Waals surface area contributed by atoms with Gasteiger partial charge in [0.15, 0.2) is 0 Å². The maximum absolute atomic E-state index is 11.6. The van der Waals surface area contributed by atoms with Crippen LogP contribution in [0.3, 0.4) is 0 Å². The smallest absolute Gasteiger partial charge is 0.292 e. The van der Waals surface area contributed by atoms with E-state index in [0.29, 0.717) is 17.0 Å². The van der Waals surface area contributed by atoms with Crippen molar-refractivity contribution in [3.05, 3.63) is 16.6 Å². The van der Waals surface area contributed by atoms with E-state index in [1.165, 1.54) is 10.9 Å². The first-order valence-corrected chi connectivity index (χ1v) is 4.00. The van der Waals surface area contributed by atoms with Gasteiger partial charge in [-0.25, -0.2) is 15.5 Å². The van der Waals surface area contributed by atoms with Crippen molar-refractivity contribution in [1.82, 2.24) is 19.3 Å². The Balaban J connectivity index is 2.94. The molecular weight excluding hydrogens is 184 g/mol. The van der Waals surface area contributed by atoms with Crippen molar-refractivity contribution in [3.8, 4) is 0 Å². The molecule has 0 fully saturated rings. The van der Waals surface area contributed by atoms with Gasteiger partial charge in [0.2, 0.25) is 5.95 Å². The molecule has 0 aromatic carbocycles. The fourth-order valence-electron chi connectivity index (χ4n) is 1.34. The van der Waals surface area contributed by atoms with Gasteiger partial charge < -0.3 is 4.57 Å². The Morgan fingerprint density at radius 2 is 2.21 bits per heavy atom. The molecular formula is C7H10N6O. The van der Waals surface area contributed by atoms with Gasteiger partial charge in [0.1, 0.15) is 11.0 Å². The first-order chi connectivity index (χ1) is 6.65. The van der Waals surface area contributed by atoms with E-state index in [1.54, 1.807) is 18.7 Å². The predicted molar refractivity (Wildman–Crippen MR) is 51.6 cm³/mol. The Kier molecular flexibility index (Phi) is 1.74. The normalized spacial score (nSPS) is 10.8. The SMILES string of the molecule is Cn1ncc2nc(NN)n(C)c2c1=O. The number of nitrogen functional groups attached to an aromatic ring is 1. The standard InChI is InChI=1S/C7H10N6O/c1-12-5-4(10-7(12)11-8)3-9-13(2)6(5)14/h3H,8H2,1-2H3,(H,10,11). The van der Waals surface area contributed by atoms with E-state index in [2.05, 4.69) is 15.5 Å². The molecule has 0 amide bonds. The molecule has 7 heteroatoms. The first kappa shape index (κ1) is 8.70. The summed E-state index contributed by atoms with van der Waals surface area (Å²) in [4.78, 5) is 15.7. The van der Waals surface area contributed by atoms with Crippen LogP contribution in [0.1, 0.15) is 0 Å². The van der Waals surface area contributed by atoms with Gasteiger partial charge >= 0.3 is 0 Å². The van der Waals surface area contributed by atoms with Crippen molar-refractivity contribution in [2.24, 2.45) is 19.9 Å². The Labute approximate surface area is 79.1 Å². The van der Waals surface area contributed by atoms with Crippen molar-refractivity contribution < 1.29 is 0 Å². The summed E-state index contributed by atoms with van der Waals surface area (Å²) in [5.41, 5.74) is 3.22. The number of hydrogen-bond acceptors (Lipinski definition) is 5. The van der Waals surface area contributed by atoms with Crippen molar-refractivity contribution in [3.63, 3.8) is 0 Å². The molecule has 7 nitrogen and oxygen atoms in total. The number of rotatable bonds is 1. The minimum Gasteiger partial charge on any atom is -0.308 e. The van der Waals surface area contributed by atoms with Crippen LogP contribution in [0.4, 0.5) is 5.95 Å². The second-order valence-corrected chi connectivity index (χ2v) is 2.95. The van der Waals surface area contributed by atoms with Crippen LogP contribution in [0.15, 0.2) is 11.0 Å². The first-order valence-electron chi connectivity index (χ1n) is 4.00. The van der Waals surface area contributed by atoms with Crippen molar-refractivity contribution in [2.45, 2.75) is 0 Å². The number of aryl methyl sites for hydroxylation is 2. The summed E-state index contributed by atoms with van der Waals surface area (Å²) in [7, 11) is 3.30. The average molecular weight is 194 g/mol. The van der Waals surface area contributed by atoms with Gasteiger partial charge in [-0.1, -0.05) is 0 Å². The largest absolute Gasteiger partial charge is 0.308 e. The molecule has 0 unspecified atom stereocenters. The number of nitrogens with two attached hydrogens (primary N) is 1. The van der Waals surface area contributed by atoms with Crippen LogP contribution < -0.4 is 16.8 Å². The highest BCUT2D eigenvalue weighted by Gasteiger charge is 2.10. The van der Waals surface area contributed by atoms with Crippen LogP contribution in [0.25, 0.3) is 11.0 Å². The van der Waals surface area contributed by atoms with Gasteiger partial charge in [0, 0.05) is 14.1 Å². The fraction of sp³-hybridized carbons (Fsp3) is 0.286. The van der Waals surface area contributed by atoms with Gasteiger partial charge in [-0.15, -0.1) is 0 Å². The molecule has 14 heavy (non-hydrogen) atoms. The molecule has 0 aliphatic carbocycles. The van der Waals surface area contributed by atoms with E-state index >= 15 is 0 Å². The summed E-state index contributed by atoms with van der Waals surface area (Å²) in [5, 5.41) is 3.86. The second kappa shape index (κ2) is 2.81. The lowest BCUT2D eigenvalue weighted by atomic mass is 10.4. The molecule has 2 aromatic rings. The molecule has 0 bridgehead atoms. The van der Waals surface area contributed by atoms with Crippen molar-refractivity contribution in [2.75, 3.05) is 5.43 Å². The number of nitrogens with one attached hydrogen (secondary N) is 1. The summed E-state index contributed by atoms with van der Waals surface area (Å²) in [6.45, 7) is 0. The zero-order chi connectivity index (χ0) is 10.3. The molecule has 0 aliphatic heterocycles. The summed E-state index contributed by atoms with van der Waals surface area (Å²) in [6, 6.07) is 0. The van der Waals surface area contributed by atoms with Gasteiger partial charge in [-0.05, 0) is 0 Å². The van der Waals surface area contributed by atoms with Crippen molar-refractivity contribution in [1.29, 1.82) is 0 Å². The Hall–Kier alpha value is -1.89. The lowest BCUT2D eigenvalue weighted by Gasteiger charge is -1.99. The molecule has 0 saturated heterocycles. The summed E-state index contributed by atoms with van der Waals surface area (Å²) in [5.74, 6) is 5.68. The predicted octanol–water partition coefficient (Wildman–Crippen LogP) is -1.05. The topological polar surface area (TPSA) is 90.8 Å². The highest BCUT2D eigenvalue weighted by atomic mass is 16.1. The minimum atomic E-state index is -0.195. The van der Waals surface area contributed by atoms with Crippen LogP contribution in [0.5, 0.6) is 0 Å². The molecule has 0 spiro atoms. The van der Waals surface area contributed by atoms with E-state index in [1.807, 2.05) is 0 Å². The molecule has 74 valence electrons. The zero-order valence-corrected chi connectivity index (χ0v) is 7.85. The van der Waals surface area contributed by atoms with Gasteiger partial charge in [0.25, 0.3) is 5.56 Å². The van der Waals surface area contributed by atoms with E-state index in [-0.39, 0.29) is 5.56 Å². The zero-order valence-electron chi connectivity index (χ0n) is 7.85. The van der Waals surface area contributed by atoms with Crippen LogP contribution in [-0.2, 0) is 14.1 Å². The summed E-state index contributed by atoms with van der Waals surface area (Å²) < 4.78 is 2.85. The third-order valence-corrected chi connectivity index (χ3v) is 2.10. The van der Waals surface area contributed by atoms with Crippen molar-refractivity contribution >= 4 is 17.0 Å². The number of hydrogen-bond donors (Lipinski definition) is 2. The van der Waals surface area contributed by atoms with Gasteiger partial charge in [-0.3, -0.25) is 10.2 Å². The van der Waals surface area contributed by atoms with E-state index in [0.717, 1.165) is 0 Å².